The zero-order chi connectivity index (χ0) is 60.5. The zero-order valence-corrected chi connectivity index (χ0v) is 57.5. The van der Waals surface area contributed by atoms with Gasteiger partial charge in [-0.2, -0.15) is 0 Å². The number of benzene rings is 4. The monoisotopic (exact) mass is 1150 g/mol. The summed E-state index contributed by atoms with van der Waals surface area (Å²) in [5, 5.41) is 0. The standard InChI is InChI=1S/C83H122Si/c1-12-20-28-36-44-69-52-53-70(45-37-29-21-13-2)77(62-69)54-55-78-63-72(47-39-31-23-15-4)79(64-71(78)46-38-30-22-14-3)56-57-80-65-74(49-41-33-25-17-6)81(66-73(80)48-40-32-24-16-5)58-59-82-67-76(51-43-35-27-19-8)83(60-61-84(9,10)11)68-75(82)50-42-34-26-18-7/h52-53,62-68H,12-51H2,1-11H3. The van der Waals surface area contributed by atoms with E-state index >= 15 is 0 Å². The maximum absolute atomic E-state index is 3.97. The smallest absolute Gasteiger partial charge is 0.127 e. The summed E-state index contributed by atoms with van der Waals surface area (Å²) in [4.78, 5) is 0. The van der Waals surface area contributed by atoms with E-state index in [0.29, 0.717) is 0 Å². The van der Waals surface area contributed by atoms with Crippen LogP contribution in [-0.4, -0.2) is 8.07 Å². The first-order valence-electron chi connectivity index (χ1n) is 35.7. The molecule has 0 spiro atoms. The van der Waals surface area contributed by atoms with Crippen LogP contribution in [0.5, 0.6) is 0 Å². The fourth-order valence-electron chi connectivity index (χ4n) is 11.7. The van der Waals surface area contributed by atoms with Crippen LogP contribution >= 0.6 is 0 Å². The second kappa shape index (κ2) is 43.9. The van der Waals surface area contributed by atoms with Gasteiger partial charge in [-0.25, -0.2) is 0 Å². The highest BCUT2D eigenvalue weighted by molar-refractivity contribution is 6.83. The lowest BCUT2D eigenvalue weighted by Crippen LogP contribution is -2.16. The molecular weight excluding hydrogens is 1020 g/mol. The molecular formula is C83H122Si. The molecule has 0 atom stereocenters. The Labute approximate surface area is 522 Å². The Morgan fingerprint density at radius 3 is 0.679 bits per heavy atom. The van der Waals surface area contributed by atoms with E-state index < -0.39 is 8.07 Å². The number of unbranched alkanes of at least 4 members (excludes halogenated alkanes) is 24. The minimum atomic E-state index is -1.56. The van der Waals surface area contributed by atoms with Crippen molar-refractivity contribution >= 4 is 8.07 Å². The van der Waals surface area contributed by atoms with Gasteiger partial charge < -0.3 is 0 Å². The van der Waals surface area contributed by atoms with Gasteiger partial charge >= 0.3 is 0 Å². The van der Waals surface area contributed by atoms with Gasteiger partial charge in [-0.15, -0.1) is 5.54 Å². The maximum Gasteiger partial charge on any atom is 0.129 e. The molecule has 0 amide bonds. The van der Waals surface area contributed by atoms with E-state index in [1.807, 2.05) is 0 Å². The quantitative estimate of drug-likeness (QED) is 0.0237. The average molecular weight is 1150 g/mol. The van der Waals surface area contributed by atoms with Crippen LogP contribution in [0.2, 0.25) is 19.6 Å². The largest absolute Gasteiger partial charge is 0.129 e. The predicted octanol–water partition coefficient (Wildman–Crippen LogP) is 24.1. The molecule has 1 heteroatoms. The molecule has 0 nitrogen and oxygen atoms in total. The highest BCUT2D eigenvalue weighted by Gasteiger charge is 2.15. The number of hydrogen-bond donors (Lipinski definition) is 0. The number of aryl methyl sites for hydroxylation is 8. The minimum Gasteiger partial charge on any atom is -0.127 e. The molecule has 4 rings (SSSR count). The van der Waals surface area contributed by atoms with E-state index in [9.17, 15) is 0 Å². The molecule has 0 bridgehead atoms. The van der Waals surface area contributed by atoms with E-state index in [1.54, 1.807) is 0 Å². The normalized spacial score (nSPS) is 11.1. The molecule has 0 aromatic heterocycles. The first kappa shape index (κ1) is 71.8. The van der Waals surface area contributed by atoms with Crippen LogP contribution in [0.3, 0.4) is 0 Å². The van der Waals surface area contributed by atoms with Gasteiger partial charge in [0.15, 0.2) is 0 Å². The minimum absolute atomic E-state index is 1.03. The second-order valence-corrected chi connectivity index (χ2v) is 31.0. The summed E-state index contributed by atoms with van der Waals surface area (Å²) in [5.41, 5.74) is 23.5. The fraction of sp³-hybridized carbons (Fsp3) is 0.614. The van der Waals surface area contributed by atoms with Gasteiger partial charge in [0.1, 0.15) is 8.07 Å². The third kappa shape index (κ3) is 28.7. The molecule has 0 saturated heterocycles. The molecule has 0 saturated carbocycles. The van der Waals surface area contributed by atoms with Crippen LogP contribution in [0, 0.1) is 47.0 Å². The zero-order valence-electron chi connectivity index (χ0n) is 56.5. The first-order valence-corrected chi connectivity index (χ1v) is 39.2. The van der Waals surface area contributed by atoms with Gasteiger partial charge in [0.05, 0.1) is 0 Å². The Morgan fingerprint density at radius 2 is 0.440 bits per heavy atom. The van der Waals surface area contributed by atoms with Crippen LogP contribution in [0.15, 0.2) is 54.6 Å². The Balaban J connectivity index is 1.98. The lowest BCUT2D eigenvalue weighted by molar-refractivity contribution is 0.662. The summed E-state index contributed by atoms with van der Waals surface area (Å²) in [6.45, 7) is 25.7. The summed E-state index contributed by atoms with van der Waals surface area (Å²) in [5.74, 6) is 27.3. The van der Waals surface area contributed by atoms with E-state index in [0.717, 1.165) is 51.4 Å². The Morgan fingerprint density at radius 1 is 0.226 bits per heavy atom. The SMILES string of the molecule is CCCCCCc1ccc(CCCCCC)c(C#Cc2cc(CCCCCC)c(C#Cc3cc(CCCCCC)c(C#Cc4cc(CCCCCC)c(C#C[Si](C)(C)C)cc4CCCCCC)cc3CCCCCC)cc2CCCCCC)c1. The van der Waals surface area contributed by atoms with Gasteiger partial charge in [0.2, 0.25) is 0 Å². The van der Waals surface area contributed by atoms with Crippen molar-refractivity contribution in [1.82, 2.24) is 0 Å². The van der Waals surface area contributed by atoms with Gasteiger partial charge in [-0.05, 0) is 190 Å². The molecule has 0 heterocycles. The Kier molecular flexibility index (Phi) is 37.5. The van der Waals surface area contributed by atoms with Crippen LogP contribution in [0.1, 0.15) is 344 Å². The van der Waals surface area contributed by atoms with Crippen molar-refractivity contribution in [3.05, 3.63) is 138 Å². The Bertz CT molecular complexity index is 2740. The molecule has 0 aliphatic carbocycles. The summed E-state index contributed by atoms with van der Waals surface area (Å²) >= 11 is 0. The lowest BCUT2D eigenvalue weighted by Gasteiger charge is -2.14. The van der Waals surface area contributed by atoms with E-state index in [-0.39, 0.29) is 0 Å². The third-order valence-corrected chi connectivity index (χ3v) is 18.0. The highest BCUT2D eigenvalue weighted by atomic mass is 28.3. The second-order valence-electron chi connectivity index (χ2n) is 26.2. The van der Waals surface area contributed by atoms with Crippen LogP contribution in [0.25, 0.3) is 0 Å². The molecule has 84 heavy (non-hydrogen) atoms. The number of rotatable bonds is 40. The summed E-state index contributed by atoms with van der Waals surface area (Å²) in [7, 11) is -1.56. The molecule has 0 N–H and O–H groups in total. The summed E-state index contributed by atoms with van der Waals surface area (Å²) < 4.78 is 0. The molecule has 0 unspecified atom stereocenters. The molecule has 0 fully saturated rings. The first-order chi connectivity index (χ1) is 41.0. The van der Waals surface area contributed by atoms with Crippen molar-refractivity contribution in [1.29, 1.82) is 0 Å². The third-order valence-electron chi connectivity index (χ3n) is 17.1. The fourth-order valence-corrected chi connectivity index (χ4v) is 12.2. The van der Waals surface area contributed by atoms with Crippen molar-refractivity contribution in [3.8, 4) is 47.0 Å². The average Bonchev–Trinajstić information content (AvgIpc) is 3.12. The molecule has 0 radical (unpaired) electrons. The number of hydrogen-bond acceptors (Lipinski definition) is 0. The van der Waals surface area contributed by atoms with Crippen molar-refractivity contribution in [3.63, 3.8) is 0 Å². The highest BCUT2D eigenvalue weighted by Crippen LogP contribution is 2.27. The van der Waals surface area contributed by atoms with Crippen LogP contribution in [0.4, 0.5) is 0 Å². The molecule has 4 aromatic carbocycles. The van der Waals surface area contributed by atoms with Gasteiger partial charge in [-0.1, -0.05) is 283 Å². The van der Waals surface area contributed by atoms with Gasteiger partial charge in [0.25, 0.3) is 0 Å². The van der Waals surface area contributed by atoms with Crippen molar-refractivity contribution in [2.75, 3.05) is 0 Å². The van der Waals surface area contributed by atoms with E-state index in [2.05, 4.69) is 177 Å². The van der Waals surface area contributed by atoms with Crippen molar-refractivity contribution in [2.24, 2.45) is 0 Å². The molecule has 0 aliphatic heterocycles. The van der Waals surface area contributed by atoms with E-state index in [1.165, 1.54) is 289 Å². The molecule has 0 aliphatic rings. The lowest BCUT2D eigenvalue weighted by atomic mass is 9.90. The van der Waals surface area contributed by atoms with E-state index in [4.69, 9.17) is 0 Å². The summed E-state index contributed by atoms with van der Waals surface area (Å²) in [6, 6.07) is 22.2. The van der Waals surface area contributed by atoms with Crippen molar-refractivity contribution < 1.29 is 0 Å². The van der Waals surface area contributed by atoms with Crippen LogP contribution in [-0.2, 0) is 51.4 Å². The topological polar surface area (TPSA) is 0 Å². The van der Waals surface area contributed by atoms with Gasteiger partial charge in [0, 0.05) is 38.9 Å². The van der Waals surface area contributed by atoms with Crippen LogP contribution < -0.4 is 0 Å². The molecule has 4 aromatic rings. The Hall–Kier alpha value is -4.66. The molecule has 458 valence electrons. The van der Waals surface area contributed by atoms with Gasteiger partial charge in [-0.3, -0.25) is 0 Å². The predicted molar refractivity (Wildman–Crippen MR) is 377 cm³/mol. The maximum atomic E-state index is 3.97. The van der Waals surface area contributed by atoms with Crippen molar-refractivity contribution in [2.45, 2.75) is 332 Å². The summed E-state index contributed by atoms with van der Waals surface area (Å²) in [6.07, 6.45) is 48.5.